The highest BCUT2D eigenvalue weighted by atomic mass is 32.2. The molecule has 0 radical (unpaired) electrons. The molecule has 0 aliphatic heterocycles. The molecule has 0 spiro atoms. The Kier molecular flexibility index (Phi) is 4.90. The van der Waals surface area contributed by atoms with Crippen LogP contribution in [0.1, 0.15) is 20.8 Å². The molecule has 1 aromatic heterocycles. The highest BCUT2D eigenvalue weighted by Crippen LogP contribution is 2.24. The van der Waals surface area contributed by atoms with Crippen LogP contribution in [-0.4, -0.2) is 17.8 Å². The van der Waals surface area contributed by atoms with Crippen LogP contribution in [0.5, 0.6) is 0 Å². The molecular weight excluding hydrogens is 222 g/mol. The van der Waals surface area contributed by atoms with Crippen LogP contribution < -0.4 is 5.32 Å². The number of hydrogen-bond acceptors (Lipinski definition) is 3. The average molecular weight is 241 g/mol. The highest BCUT2D eigenvalue weighted by Gasteiger charge is 2.08. The van der Waals surface area contributed by atoms with Crippen LogP contribution >= 0.6 is 23.1 Å². The normalized spacial score (nSPS) is 11.7. The van der Waals surface area contributed by atoms with Crippen molar-refractivity contribution in [3.8, 4) is 0 Å². The van der Waals surface area contributed by atoms with Crippen molar-refractivity contribution >= 4 is 23.1 Å². The van der Waals surface area contributed by atoms with E-state index in [4.69, 9.17) is 0 Å². The number of thioether (sulfide) groups is 1. The Bertz CT molecular complexity index is 296. The largest absolute Gasteiger partial charge is 0.308 e. The second kappa shape index (κ2) is 5.73. The Morgan fingerprint density at radius 2 is 2.27 bits per heavy atom. The Morgan fingerprint density at radius 3 is 2.80 bits per heavy atom. The van der Waals surface area contributed by atoms with Crippen molar-refractivity contribution in [2.75, 3.05) is 12.3 Å². The summed E-state index contributed by atoms with van der Waals surface area (Å²) in [4.78, 5) is 0. The maximum Gasteiger partial charge on any atom is 0.0601 e. The Morgan fingerprint density at radius 1 is 1.53 bits per heavy atom. The van der Waals surface area contributed by atoms with E-state index in [0.717, 1.165) is 12.3 Å². The Balaban J connectivity index is 2.20. The zero-order valence-electron chi connectivity index (χ0n) is 9.67. The van der Waals surface area contributed by atoms with Crippen LogP contribution in [0.2, 0.25) is 0 Å². The monoisotopic (exact) mass is 241 g/mol. The van der Waals surface area contributed by atoms with E-state index in [9.17, 15) is 0 Å². The Hall–Kier alpha value is -0.250. The predicted molar refractivity (Wildman–Crippen MR) is 71.9 cm³/mol. The first-order valence-electron chi connectivity index (χ1n) is 5.05. The van der Waals surface area contributed by atoms with E-state index in [1.54, 1.807) is 11.3 Å². The molecule has 0 bridgehead atoms. The van der Waals surface area contributed by atoms with Crippen molar-refractivity contribution in [1.82, 2.24) is 5.32 Å². The molecule has 3 heteroatoms. The molecule has 1 rings (SSSR count). The van der Waals surface area contributed by atoms with Gasteiger partial charge in [-0.2, -0.15) is 0 Å². The molecule has 1 nitrogen and oxygen atoms in total. The van der Waals surface area contributed by atoms with Gasteiger partial charge in [0.15, 0.2) is 0 Å². The molecule has 1 N–H and O–H groups in total. The minimum absolute atomic E-state index is 0.177. The van der Waals surface area contributed by atoms with Gasteiger partial charge >= 0.3 is 0 Å². The van der Waals surface area contributed by atoms with Crippen molar-refractivity contribution < 1.29 is 0 Å². The standard InChI is InChI=1S/C12H19NS2/c1-10(8-13-12(2,3)4)9-15-11-6-5-7-14-11/h5-7,13H,1,8-9H2,2-4H3. The molecule has 0 atom stereocenters. The second-order valence-corrected chi connectivity index (χ2v) is 6.80. The van der Waals surface area contributed by atoms with E-state index in [1.165, 1.54) is 9.78 Å². The molecule has 0 amide bonds. The average Bonchev–Trinajstić information content (AvgIpc) is 2.62. The predicted octanol–water partition coefficient (Wildman–Crippen LogP) is 3.78. The SMILES string of the molecule is C=C(CNC(C)(C)C)CSc1cccs1. The first-order chi connectivity index (χ1) is 6.97. The van der Waals surface area contributed by atoms with Gasteiger partial charge in [0.1, 0.15) is 0 Å². The summed E-state index contributed by atoms with van der Waals surface area (Å²) >= 11 is 3.65. The maximum atomic E-state index is 4.08. The molecule has 0 aliphatic carbocycles. The van der Waals surface area contributed by atoms with Crippen molar-refractivity contribution in [3.63, 3.8) is 0 Å². The second-order valence-electron chi connectivity index (χ2n) is 4.57. The quantitative estimate of drug-likeness (QED) is 0.622. The van der Waals surface area contributed by atoms with Crippen LogP contribution in [-0.2, 0) is 0 Å². The van der Waals surface area contributed by atoms with Gasteiger partial charge in [0.2, 0.25) is 0 Å². The molecule has 0 saturated carbocycles. The summed E-state index contributed by atoms with van der Waals surface area (Å²) in [5.41, 5.74) is 1.43. The number of hydrogen-bond donors (Lipinski definition) is 1. The van der Waals surface area contributed by atoms with Crippen LogP contribution in [0.4, 0.5) is 0 Å². The maximum absolute atomic E-state index is 4.08. The van der Waals surface area contributed by atoms with E-state index in [1.807, 2.05) is 11.8 Å². The van der Waals surface area contributed by atoms with E-state index in [-0.39, 0.29) is 5.54 Å². The first kappa shape index (κ1) is 12.8. The van der Waals surface area contributed by atoms with Gasteiger partial charge in [0.25, 0.3) is 0 Å². The first-order valence-corrected chi connectivity index (χ1v) is 6.92. The lowest BCUT2D eigenvalue weighted by molar-refractivity contribution is 0.445. The molecule has 0 aromatic carbocycles. The van der Waals surface area contributed by atoms with Crippen molar-refractivity contribution in [1.29, 1.82) is 0 Å². The highest BCUT2D eigenvalue weighted by molar-refractivity contribution is 8.01. The Labute approximate surface area is 101 Å². The van der Waals surface area contributed by atoms with Crippen LogP contribution in [0, 0.1) is 0 Å². The van der Waals surface area contributed by atoms with Gasteiger partial charge in [0.05, 0.1) is 4.21 Å². The van der Waals surface area contributed by atoms with Crippen molar-refractivity contribution in [2.45, 2.75) is 30.5 Å². The van der Waals surface area contributed by atoms with Crippen LogP contribution in [0.3, 0.4) is 0 Å². The van der Waals surface area contributed by atoms with Gasteiger partial charge in [0, 0.05) is 17.8 Å². The summed E-state index contributed by atoms with van der Waals surface area (Å²) in [7, 11) is 0. The zero-order valence-corrected chi connectivity index (χ0v) is 11.3. The molecule has 0 saturated heterocycles. The van der Waals surface area contributed by atoms with Crippen LogP contribution in [0.25, 0.3) is 0 Å². The molecule has 1 heterocycles. The van der Waals surface area contributed by atoms with Gasteiger partial charge in [-0.1, -0.05) is 18.2 Å². The molecule has 0 unspecified atom stereocenters. The van der Waals surface area contributed by atoms with Crippen LogP contribution in [0.15, 0.2) is 33.9 Å². The lowest BCUT2D eigenvalue weighted by Gasteiger charge is -2.21. The molecular formula is C12H19NS2. The summed E-state index contributed by atoms with van der Waals surface area (Å²) in [6, 6.07) is 4.24. The fraction of sp³-hybridized carbons (Fsp3) is 0.500. The topological polar surface area (TPSA) is 12.0 Å². The third-order valence-corrected chi connectivity index (χ3v) is 4.06. The van der Waals surface area contributed by atoms with Crippen molar-refractivity contribution in [2.24, 2.45) is 0 Å². The van der Waals surface area contributed by atoms with Gasteiger partial charge in [-0.05, 0) is 32.2 Å². The van der Waals surface area contributed by atoms with Gasteiger partial charge in [-0.3, -0.25) is 0 Å². The minimum atomic E-state index is 0.177. The summed E-state index contributed by atoms with van der Waals surface area (Å²) in [6.45, 7) is 11.5. The number of nitrogens with one attached hydrogen (secondary N) is 1. The fourth-order valence-corrected chi connectivity index (χ4v) is 2.65. The number of thiophene rings is 1. The lowest BCUT2D eigenvalue weighted by Crippen LogP contribution is -2.37. The minimum Gasteiger partial charge on any atom is -0.308 e. The molecule has 0 aliphatic rings. The smallest absolute Gasteiger partial charge is 0.0601 e. The molecule has 0 fully saturated rings. The summed E-state index contributed by atoms with van der Waals surface area (Å²) in [5, 5.41) is 5.55. The van der Waals surface area contributed by atoms with E-state index < -0.39 is 0 Å². The number of rotatable bonds is 5. The summed E-state index contributed by atoms with van der Waals surface area (Å²) in [5.74, 6) is 1.00. The summed E-state index contributed by atoms with van der Waals surface area (Å²) in [6.07, 6.45) is 0. The third-order valence-electron chi connectivity index (χ3n) is 1.78. The fourth-order valence-electron chi connectivity index (χ4n) is 0.960. The molecule has 15 heavy (non-hydrogen) atoms. The summed E-state index contributed by atoms with van der Waals surface area (Å²) < 4.78 is 1.37. The lowest BCUT2D eigenvalue weighted by atomic mass is 10.1. The van der Waals surface area contributed by atoms with E-state index >= 15 is 0 Å². The third kappa shape index (κ3) is 6.03. The van der Waals surface area contributed by atoms with Crippen molar-refractivity contribution in [3.05, 3.63) is 29.7 Å². The van der Waals surface area contributed by atoms with E-state index in [0.29, 0.717) is 0 Å². The van der Waals surface area contributed by atoms with Gasteiger partial charge in [-0.15, -0.1) is 23.1 Å². The molecule has 1 aromatic rings. The molecule has 84 valence electrons. The van der Waals surface area contributed by atoms with Gasteiger partial charge in [-0.25, -0.2) is 0 Å². The zero-order chi connectivity index (χ0) is 11.3. The van der Waals surface area contributed by atoms with Gasteiger partial charge < -0.3 is 5.32 Å². The van der Waals surface area contributed by atoms with E-state index in [2.05, 4.69) is 50.2 Å².